The van der Waals surface area contributed by atoms with Crippen molar-refractivity contribution < 1.29 is 24.0 Å². The van der Waals surface area contributed by atoms with Crippen LogP contribution >= 0.6 is 0 Å². The summed E-state index contributed by atoms with van der Waals surface area (Å²) in [4.78, 5) is 34.2. The maximum absolute atomic E-state index is 12.0. The highest BCUT2D eigenvalue weighted by Crippen LogP contribution is 2.24. The van der Waals surface area contributed by atoms with Crippen LogP contribution < -0.4 is 15.8 Å². The van der Waals surface area contributed by atoms with E-state index in [1.807, 2.05) is 18.2 Å². The van der Waals surface area contributed by atoms with Gasteiger partial charge in [-0.3, -0.25) is 14.9 Å². The van der Waals surface area contributed by atoms with E-state index in [0.29, 0.717) is 5.75 Å². The number of hydrogen-bond donors (Lipinski definition) is 2. The van der Waals surface area contributed by atoms with E-state index in [1.54, 1.807) is 13.0 Å². The maximum atomic E-state index is 12.0. The first-order chi connectivity index (χ1) is 12.8. The molecule has 1 unspecified atom stereocenters. The van der Waals surface area contributed by atoms with Crippen molar-refractivity contribution in [1.82, 2.24) is 5.32 Å². The van der Waals surface area contributed by atoms with Gasteiger partial charge in [-0.15, -0.1) is 0 Å². The first kappa shape index (κ1) is 19.7. The van der Waals surface area contributed by atoms with Gasteiger partial charge >= 0.3 is 5.97 Å². The molecule has 0 aliphatic heterocycles. The summed E-state index contributed by atoms with van der Waals surface area (Å²) in [7, 11) is 1.53. The lowest BCUT2D eigenvalue weighted by atomic mass is 10.1. The van der Waals surface area contributed by atoms with Crippen LogP contribution in [0.1, 0.15) is 28.9 Å². The molecule has 0 fully saturated rings. The molecule has 0 bridgehead atoms. The number of nitrogens with one attached hydrogen (secondary N) is 1. The first-order valence-electron chi connectivity index (χ1n) is 7.96. The Labute approximate surface area is 155 Å². The molecule has 0 aromatic heterocycles. The van der Waals surface area contributed by atoms with Crippen molar-refractivity contribution in [2.45, 2.75) is 13.0 Å². The summed E-state index contributed by atoms with van der Waals surface area (Å²) in [5, 5.41) is 13.6. The van der Waals surface area contributed by atoms with Gasteiger partial charge in [0.15, 0.2) is 6.61 Å². The van der Waals surface area contributed by atoms with Gasteiger partial charge in [-0.2, -0.15) is 0 Å². The molecule has 2 rings (SSSR count). The van der Waals surface area contributed by atoms with Gasteiger partial charge in [0, 0.05) is 11.6 Å². The van der Waals surface area contributed by atoms with Crippen molar-refractivity contribution in [3.63, 3.8) is 0 Å². The standard InChI is InChI=1S/C18H19N3O6/c1-11(13-5-3-4-6-16(13)26-2)20-17(22)10-27-18(23)12-7-8-14(19)15(9-12)21(24)25/h3-9,11H,10,19H2,1-2H3,(H,20,22). The van der Waals surface area contributed by atoms with Gasteiger partial charge in [-0.05, 0) is 25.1 Å². The molecule has 2 aromatic carbocycles. The van der Waals surface area contributed by atoms with Gasteiger partial charge in [0.25, 0.3) is 11.6 Å². The zero-order chi connectivity index (χ0) is 20.0. The Hall–Kier alpha value is -3.62. The Morgan fingerprint density at radius 2 is 1.96 bits per heavy atom. The molecule has 1 amide bonds. The Morgan fingerprint density at radius 1 is 1.26 bits per heavy atom. The molecule has 0 spiro atoms. The summed E-state index contributed by atoms with van der Waals surface area (Å²) in [5.74, 6) is -0.763. The molecule has 0 radical (unpaired) electrons. The monoisotopic (exact) mass is 373 g/mol. The Bertz CT molecular complexity index is 868. The molecule has 0 saturated heterocycles. The summed E-state index contributed by atoms with van der Waals surface area (Å²) in [5.41, 5.74) is 5.71. The second kappa shape index (κ2) is 8.65. The van der Waals surface area contributed by atoms with Gasteiger partial charge in [-0.25, -0.2) is 4.79 Å². The van der Waals surface area contributed by atoms with Crippen molar-refractivity contribution >= 4 is 23.3 Å². The van der Waals surface area contributed by atoms with Crippen molar-refractivity contribution in [2.75, 3.05) is 19.5 Å². The molecule has 9 heteroatoms. The number of nitrogen functional groups attached to an aromatic ring is 1. The number of carbonyl (C=O) groups excluding carboxylic acids is 2. The number of rotatable bonds is 7. The smallest absolute Gasteiger partial charge is 0.338 e. The zero-order valence-electron chi connectivity index (χ0n) is 14.8. The third-order valence-electron chi connectivity index (χ3n) is 3.78. The van der Waals surface area contributed by atoms with E-state index in [1.165, 1.54) is 19.2 Å². The topological polar surface area (TPSA) is 134 Å². The van der Waals surface area contributed by atoms with Gasteiger partial charge in [0.2, 0.25) is 0 Å². The van der Waals surface area contributed by atoms with E-state index < -0.39 is 29.1 Å². The molecule has 142 valence electrons. The summed E-state index contributed by atoms with van der Waals surface area (Å²) < 4.78 is 10.2. The second-order valence-electron chi connectivity index (χ2n) is 5.64. The number of nitrogens with two attached hydrogens (primary N) is 1. The molecule has 9 nitrogen and oxygen atoms in total. The van der Waals surface area contributed by atoms with Crippen molar-refractivity contribution in [3.8, 4) is 5.75 Å². The number of methoxy groups -OCH3 is 1. The van der Waals surface area contributed by atoms with Crippen LogP contribution in [0, 0.1) is 10.1 Å². The fourth-order valence-electron chi connectivity index (χ4n) is 2.43. The average molecular weight is 373 g/mol. The number of benzene rings is 2. The third-order valence-corrected chi connectivity index (χ3v) is 3.78. The van der Waals surface area contributed by atoms with E-state index in [-0.39, 0.29) is 17.3 Å². The highest BCUT2D eigenvalue weighted by molar-refractivity contribution is 5.92. The quantitative estimate of drug-likeness (QED) is 0.329. The molecule has 3 N–H and O–H groups in total. The predicted octanol–water partition coefficient (Wildman–Crippen LogP) is 2.22. The van der Waals surface area contributed by atoms with Crippen LogP contribution in [0.4, 0.5) is 11.4 Å². The summed E-state index contributed by atoms with van der Waals surface area (Å²) in [6.07, 6.45) is 0. The number of esters is 1. The number of para-hydroxylation sites is 1. The van der Waals surface area contributed by atoms with Gasteiger partial charge in [0.1, 0.15) is 11.4 Å². The summed E-state index contributed by atoms with van der Waals surface area (Å²) in [6, 6.07) is 10.4. The fraction of sp³-hybridized carbons (Fsp3) is 0.222. The minimum atomic E-state index is -0.863. The molecule has 2 aromatic rings. The minimum absolute atomic E-state index is 0.0681. The number of hydrogen-bond acceptors (Lipinski definition) is 7. The fourth-order valence-corrected chi connectivity index (χ4v) is 2.43. The van der Waals surface area contributed by atoms with Crippen molar-refractivity contribution in [3.05, 3.63) is 63.7 Å². The van der Waals surface area contributed by atoms with Crippen LogP contribution in [0.15, 0.2) is 42.5 Å². The highest BCUT2D eigenvalue weighted by Gasteiger charge is 2.18. The van der Waals surface area contributed by atoms with Gasteiger partial charge in [-0.1, -0.05) is 18.2 Å². The molecular formula is C18H19N3O6. The molecular weight excluding hydrogens is 354 g/mol. The number of nitro groups is 1. The van der Waals surface area contributed by atoms with Crippen LogP contribution in [-0.4, -0.2) is 30.5 Å². The number of ether oxygens (including phenoxy) is 2. The number of carbonyl (C=O) groups is 2. The van der Waals surface area contributed by atoms with E-state index in [9.17, 15) is 19.7 Å². The van der Waals surface area contributed by atoms with Gasteiger partial charge < -0.3 is 20.5 Å². The van der Waals surface area contributed by atoms with Crippen LogP contribution in [0.3, 0.4) is 0 Å². The van der Waals surface area contributed by atoms with E-state index >= 15 is 0 Å². The SMILES string of the molecule is COc1ccccc1C(C)NC(=O)COC(=O)c1ccc(N)c([N+](=O)[O-])c1. The van der Waals surface area contributed by atoms with Crippen LogP contribution in [0.5, 0.6) is 5.75 Å². The summed E-state index contributed by atoms with van der Waals surface area (Å²) >= 11 is 0. The Balaban J connectivity index is 1.96. The number of anilines is 1. The molecule has 0 aliphatic carbocycles. The number of nitro benzene ring substituents is 1. The van der Waals surface area contributed by atoms with Crippen molar-refractivity contribution in [1.29, 1.82) is 0 Å². The van der Waals surface area contributed by atoms with Crippen LogP contribution in [0.25, 0.3) is 0 Å². The lowest BCUT2D eigenvalue weighted by molar-refractivity contribution is -0.383. The van der Waals surface area contributed by atoms with Crippen LogP contribution in [-0.2, 0) is 9.53 Å². The lowest BCUT2D eigenvalue weighted by Gasteiger charge is -2.17. The van der Waals surface area contributed by atoms with E-state index in [0.717, 1.165) is 11.6 Å². The lowest BCUT2D eigenvalue weighted by Crippen LogP contribution is -2.31. The van der Waals surface area contributed by atoms with Crippen molar-refractivity contribution in [2.24, 2.45) is 0 Å². The molecule has 1 atom stereocenters. The average Bonchev–Trinajstić information content (AvgIpc) is 2.66. The molecule has 0 saturated carbocycles. The normalized spacial score (nSPS) is 11.3. The van der Waals surface area contributed by atoms with Crippen LogP contribution in [0.2, 0.25) is 0 Å². The number of nitrogens with zero attached hydrogens (tertiary/aromatic N) is 1. The largest absolute Gasteiger partial charge is 0.496 e. The second-order valence-corrected chi connectivity index (χ2v) is 5.64. The van der Waals surface area contributed by atoms with Gasteiger partial charge in [0.05, 0.1) is 23.6 Å². The summed E-state index contributed by atoms with van der Waals surface area (Å²) in [6.45, 7) is 1.23. The third kappa shape index (κ3) is 4.94. The molecule has 27 heavy (non-hydrogen) atoms. The molecule has 0 heterocycles. The maximum Gasteiger partial charge on any atom is 0.338 e. The first-order valence-corrected chi connectivity index (χ1v) is 7.96. The Morgan fingerprint density at radius 3 is 2.63 bits per heavy atom. The van der Waals surface area contributed by atoms with E-state index in [4.69, 9.17) is 15.2 Å². The molecule has 0 aliphatic rings. The minimum Gasteiger partial charge on any atom is -0.496 e. The zero-order valence-corrected chi connectivity index (χ0v) is 14.8. The predicted molar refractivity (Wildman–Crippen MR) is 97.3 cm³/mol. The Kier molecular flexibility index (Phi) is 6.32. The highest BCUT2D eigenvalue weighted by atomic mass is 16.6. The van der Waals surface area contributed by atoms with E-state index in [2.05, 4.69) is 5.32 Å². The number of amides is 1.